The lowest BCUT2D eigenvalue weighted by molar-refractivity contribution is 1.41. The quantitative estimate of drug-likeness (QED) is 0.563. The molecule has 0 aliphatic carbocycles. The summed E-state index contributed by atoms with van der Waals surface area (Å²) in [6, 6.07) is 1.64. The summed E-state index contributed by atoms with van der Waals surface area (Å²) in [6.07, 6.45) is 1.63. The molecule has 1 heterocycles. The zero-order valence-corrected chi connectivity index (χ0v) is 4.92. The topological polar surface area (TPSA) is 15.8 Å². The molecule has 3 heteroatoms. The molecular formula is C4H3Cl2N. The fourth-order valence-corrected chi connectivity index (χ4v) is 0.734. The second kappa shape index (κ2) is 1.76. The molecule has 0 saturated carbocycles. The molecule has 0 aliphatic rings. The van der Waals surface area contributed by atoms with E-state index in [4.69, 9.17) is 23.2 Å². The molecule has 0 spiro atoms. The van der Waals surface area contributed by atoms with Crippen LogP contribution in [-0.4, -0.2) is 4.98 Å². The number of H-pyrrole nitrogens is 1. The lowest BCUT2D eigenvalue weighted by Crippen LogP contribution is -1.49. The van der Waals surface area contributed by atoms with E-state index in [9.17, 15) is 0 Å². The molecule has 1 aromatic rings. The number of hydrogen-bond acceptors (Lipinski definition) is 0. The average Bonchev–Trinajstić information content (AvgIpc) is 1.87. The Morgan fingerprint density at radius 2 is 2.14 bits per heavy atom. The molecule has 0 amide bonds. The lowest BCUT2D eigenvalue weighted by atomic mass is 10.7. The number of aromatic nitrogens is 1. The predicted octanol–water partition coefficient (Wildman–Crippen LogP) is 2.32. The molecule has 0 bridgehead atoms. The molecule has 0 aliphatic heterocycles. The summed E-state index contributed by atoms with van der Waals surface area (Å²) in [5.41, 5.74) is 0. The normalized spacial score (nSPS) is 9.43. The highest BCUT2D eigenvalue weighted by Crippen LogP contribution is 2.12. The highest BCUT2D eigenvalue weighted by molar-refractivity contribution is 6.34. The SMILES string of the molecule is Clc1c[nH]c(Cl)c1. The van der Waals surface area contributed by atoms with Gasteiger partial charge in [0.2, 0.25) is 0 Å². The first-order valence-electron chi connectivity index (χ1n) is 1.78. The molecule has 38 valence electrons. The Balaban J connectivity index is 3.04. The van der Waals surface area contributed by atoms with E-state index in [1.165, 1.54) is 0 Å². The first-order valence-corrected chi connectivity index (χ1v) is 2.54. The fraction of sp³-hybridized carbons (Fsp3) is 0. The Kier molecular flexibility index (Phi) is 1.26. The van der Waals surface area contributed by atoms with Gasteiger partial charge in [0.25, 0.3) is 0 Å². The van der Waals surface area contributed by atoms with Gasteiger partial charge in [-0.2, -0.15) is 0 Å². The Morgan fingerprint density at radius 3 is 2.29 bits per heavy atom. The third-order valence-electron chi connectivity index (χ3n) is 0.613. The van der Waals surface area contributed by atoms with Crippen molar-refractivity contribution in [3.63, 3.8) is 0 Å². The minimum absolute atomic E-state index is 0.574. The maximum absolute atomic E-state index is 5.44. The van der Waals surface area contributed by atoms with Crippen molar-refractivity contribution in [2.75, 3.05) is 0 Å². The van der Waals surface area contributed by atoms with E-state index in [0.717, 1.165) is 0 Å². The van der Waals surface area contributed by atoms with E-state index in [-0.39, 0.29) is 0 Å². The molecule has 1 rings (SSSR count). The second-order valence-corrected chi connectivity index (χ2v) is 2.01. The summed E-state index contributed by atoms with van der Waals surface area (Å²) < 4.78 is 0. The van der Waals surface area contributed by atoms with Gasteiger partial charge in [0.1, 0.15) is 5.15 Å². The van der Waals surface area contributed by atoms with Crippen LogP contribution in [0.5, 0.6) is 0 Å². The minimum Gasteiger partial charge on any atom is -0.351 e. The van der Waals surface area contributed by atoms with Crippen LogP contribution < -0.4 is 0 Å². The van der Waals surface area contributed by atoms with Crippen molar-refractivity contribution in [2.24, 2.45) is 0 Å². The summed E-state index contributed by atoms with van der Waals surface area (Å²) in [7, 11) is 0. The predicted molar refractivity (Wildman–Crippen MR) is 30.8 cm³/mol. The van der Waals surface area contributed by atoms with Gasteiger partial charge in [-0.1, -0.05) is 23.2 Å². The molecule has 0 saturated heterocycles. The van der Waals surface area contributed by atoms with E-state index in [0.29, 0.717) is 10.2 Å². The second-order valence-electron chi connectivity index (χ2n) is 1.17. The molecule has 0 fully saturated rings. The molecule has 1 aromatic heterocycles. The van der Waals surface area contributed by atoms with Crippen molar-refractivity contribution < 1.29 is 0 Å². The summed E-state index contributed by atoms with van der Waals surface area (Å²) in [4.78, 5) is 2.70. The van der Waals surface area contributed by atoms with E-state index >= 15 is 0 Å². The van der Waals surface area contributed by atoms with Gasteiger partial charge >= 0.3 is 0 Å². The number of aromatic amines is 1. The van der Waals surface area contributed by atoms with Gasteiger partial charge in [0.05, 0.1) is 5.02 Å². The van der Waals surface area contributed by atoms with Crippen LogP contribution >= 0.6 is 23.2 Å². The average molecular weight is 136 g/mol. The number of halogens is 2. The number of nitrogens with one attached hydrogen (secondary N) is 1. The first kappa shape index (κ1) is 5.01. The molecule has 0 atom stereocenters. The third kappa shape index (κ3) is 1.11. The highest BCUT2D eigenvalue weighted by Gasteiger charge is 1.87. The van der Waals surface area contributed by atoms with Crippen LogP contribution in [0.1, 0.15) is 0 Å². The van der Waals surface area contributed by atoms with Gasteiger partial charge in [-0.3, -0.25) is 0 Å². The first-order chi connectivity index (χ1) is 3.29. The molecule has 1 nitrogen and oxygen atoms in total. The Bertz CT molecular complexity index is 142. The van der Waals surface area contributed by atoms with Crippen LogP contribution in [0.25, 0.3) is 0 Å². The molecule has 0 aromatic carbocycles. The van der Waals surface area contributed by atoms with Crippen molar-refractivity contribution in [1.82, 2.24) is 4.98 Å². The van der Waals surface area contributed by atoms with E-state index in [1.54, 1.807) is 12.3 Å². The van der Waals surface area contributed by atoms with Crippen LogP contribution in [0, 0.1) is 0 Å². The van der Waals surface area contributed by atoms with Gasteiger partial charge in [-0.15, -0.1) is 0 Å². The number of hydrogen-bond donors (Lipinski definition) is 1. The zero-order valence-electron chi connectivity index (χ0n) is 3.41. The molecule has 0 unspecified atom stereocenters. The van der Waals surface area contributed by atoms with Crippen LogP contribution in [-0.2, 0) is 0 Å². The zero-order chi connectivity index (χ0) is 5.28. The molecular weight excluding hydrogens is 133 g/mol. The smallest absolute Gasteiger partial charge is 0.107 e. The standard InChI is InChI=1S/C4H3Cl2N/c5-3-1-4(6)7-2-3/h1-2,7H. The van der Waals surface area contributed by atoms with Gasteiger partial charge in [0.15, 0.2) is 0 Å². The monoisotopic (exact) mass is 135 g/mol. The van der Waals surface area contributed by atoms with Crippen LogP contribution in [0.4, 0.5) is 0 Å². The van der Waals surface area contributed by atoms with E-state index < -0.39 is 0 Å². The Labute approximate surface area is 51.2 Å². The maximum Gasteiger partial charge on any atom is 0.107 e. The summed E-state index contributed by atoms with van der Waals surface area (Å²) in [5.74, 6) is 0. The third-order valence-corrected chi connectivity index (χ3v) is 1.05. The minimum atomic E-state index is 0.574. The van der Waals surface area contributed by atoms with E-state index in [1.807, 2.05) is 0 Å². The summed E-state index contributed by atoms with van der Waals surface area (Å²) in [5, 5.41) is 1.22. The summed E-state index contributed by atoms with van der Waals surface area (Å²) >= 11 is 10.9. The van der Waals surface area contributed by atoms with Gasteiger partial charge in [-0.05, 0) is 6.07 Å². The van der Waals surface area contributed by atoms with Gasteiger partial charge in [-0.25, -0.2) is 0 Å². The molecule has 7 heavy (non-hydrogen) atoms. The van der Waals surface area contributed by atoms with Crippen molar-refractivity contribution in [2.45, 2.75) is 0 Å². The van der Waals surface area contributed by atoms with Gasteiger partial charge < -0.3 is 4.98 Å². The fourth-order valence-electron chi connectivity index (χ4n) is 0.342. The van der Waals surface area contributed by atoms with Crippen molar-refractivity contribution >= 4 is 23.2 Å². The van der Waals surface area contributed by atoms with Crippen LogP contribution in [0.3, 0.4) is 0 Å². The van der Waals surface area contributed by atoms with E-state index in [2.05, 4.69) is 4.98 Å². The van der Waals surface area contributed by atoms with Crippen molar-refractivity contribution in [3.8, 4) is 0 Å². The maximum atomic E-state index is 5.44. The summed E-state index contributed by atoms with van der Waals surface area (Å²) in [6.45, 7) is 0. The highest BCUT2D eigenvalue weighted by atomic mass is 35.5. The van der Waals surface area contributed by atoms with Crippen LogP contribution in [0.15, 0.2) is 12.3 Å². The van der Waals surface area contributed by atoms with Crippen molar-refractivity contribution in [1.29, 1.82) is 0 Å². The van der Waals surface area contributed by atoms with Crippen molar-refractivity contribution in [3.05, 3.63) is 22.4 Å². The largest absolute Gasteiger partial charge is 0.351 e. The lowest BCUT2D eigenvalue weighted by Gasteiger charge is -1.66. The van der Waals surface area contributed by atoms with Crippen LogP contribution in [0.2, 0.25) is 10.2 Å². The molecule has 0 radical (unpaired) electrons. The Morgan fingerprint density at radius 1 is 1.43 bits per heavy atom. The molecule has 1 N–H and O–H groups in total. The number of rotatable bonds is 0. The Hall–Kier alpha value is -0.140. The van der Waals surface area contributed by atoms with Gasteiger partial charge in [0, 0.05) is 6.20 Å².